The van der Waals surface area contributed by atoms with Crippen molar-refractivity contribution in [3.63, 3.8) is 0 Å². The standard InChI is InChI=1S/C16H15ClN2O3/c1-21-14-8-2-11(3-9-14)10-15(18)19-22-16(20)12-4-6-13(17)7-5-12/h2-9H,10H2,1H3,(H2,18,19)/p+1. The Balaban J connectivity index is 1.94. The van der Waals surface area contributed by atoms with Gasteiger partial charge < -0.3 is 4.74 Å². The highest BCUT2D eigenvalue weighted by Gasteiger charge is 2.10. The maximum absolute atomic E-state index is 11.8. The van der Waals surface area contributed by atoms with Crippen molar-refractivity contribution in [3.05, 3.63) is 64.7 Å². The lowest BCUT2D eigenvalue weighted by molar-refractivity contribution is -0.722. The molecule has 0 unspecified atom stereocenters. The second-order valence-electron chi connectivity index (χ2n) is 4.55. The van der Waals surface area contributed by atoms with Crippen molar-refractivity contribution in [1.29, 1.82) is 0 Å². The molecule has 0 amide bonds. The highest BCUT2D eigenvalue weighted by Crippen LogP contribution is 2.11. The maximum atomic E-state index is 11.8. The molecule has 0 aliphatic heterocycles. The number of rotatable bonds is 5. The number of halogens is 1. The summed E-state index contributed by atoms with van der Waals surface area (Å²) < 4.78 is 5.08. The van der Waals surface area contributed by atoms with Gasteiger partial charge in [-0.15, -0.1) is 0 Å². The molecule has 5 nitrogen and oxygen atoms in total. The van der Waals surface area contributed by atoms with Crippen molar-refractivity contribution in [3.8, 4) is 5.75 Å². The first-order chi connectivity index (χ1) is 10.6. The van der Waals surface area contributed by atoms with E-state index in [2.05, 4.69) is 5.16 Å². The first-order valence-corrected chi connectivity index (χ1v) is 6.93. The first kappa shape index (κ1) is 15.9. The summed E-state index contributed by atoms with van der Waals surface area (Å²) in [5, 5.41) is 3.00. The quantitative estimate of drug-likeness (QED) is 0.374. The molecule has 3 N–H and O–H groups in total. The van der Waals surface area contributed by atoms with E-state index < -0.39 is 5.97 Å². The molecule has 0 spiro atoms. The number of nitrogens with one attached hydrogen (secondary N) is 1. The molecule has 0 aromatic heterocycles. The van der Waals surface area contributed by atoms with Crippen LogP contribution in [0.4, 0.5) is 0 Å². The third kappa shape index (κ3) is 4.49. The number of carbonyl (C=O) groups is 1. The lowest BCUT2D eigenvalue weighted by Crippen LogP contribution is -2.75. The molecule has 22 heavy (non-hydrogen) atoms. The van der Waals surface area contributed by atoms with Crippen molar-refractivity contribution in [2.45, 2.75) is 6.42 Å². The van der Waals surface area contributed by atoms with E-state index >= 15 is 0 Å². The highest BCUT2D eigenvalue weighted by atomic mass is 35.5. The third-order valence-electron chi connectivity index (χ3n) is 2.91. The molecule has 0 fully saturated rings. The Morgan fingerprint density at radius 1 is 1.14 bits per heavy atom. The van der Waals surface area contributed by atoms with Crippen LogP contribution < -0.4 is 15.6 Å². The van der Waals surface area contributed by atoms with Gasteiger partial charge in [-0.05, 0) is 42.0 Å². The second kappa shape index (κ2) is 7.47. The smallest absolute Gasteiger partial charge is 0.387 e. The Kier molecular flexibility index (Phi) is 5.38. The molecular weight excluding hydrogens is 304 g/mol. The van der Waals surface area contributed by atoms with Crippen LogP contribution in [0.15, 0.2) is 48.5 Å². The zero-order valence-corrected chi connectivity index (χ0v) is 12.8. The summed E-state index contributed by atoms with van der Waals surface area (Å²) in [5.41, 5.74) is 7.15. The van der Waals surface area contributed by atoms with Gasteiger partial charge >= 0.3 is 5.97 Å². The molecule has 2 aromatic rings. The van der Waals surface area contributed by atoms with Gasteiger partial charge in [-0.25, -0.2) is 4.79 Å². The Labute approximate surface area is 133 Å². The predicted octanol–water partition coefficient (Wildman–Crippen LogP) is 1.10. The van der Waals surface area contributed by atoms with E-state index in [9.17, 15) is 4.79 Å². The average molecular weight is 320 g/mol. The fraction of sp³-hybridized carbons (Fsp3) is 0.125. The lowest BCUT2D eigenvalue weighted by atomic mass is 10.1. The summed E-state index contributed by atoms with van der Waals surface area (Å²) in [5.74, 6) is 0.561. The molecule has 0 bridgehead atoms. The fourth-order valence-electron chi connectivity index (χ4n) is 1.76. The molecule has 0 radical (unpaired) electrons. The van der Waals surface area contributed by atoms with Crippen molar-refractivity contribution in [2.75, 3.05) is 7.11 Å². The Bertz CT molecular complexity index is 667. The lowest BCUT2D eigenvalue weighted by Gasteiger charge is -2.01. The van der Waals surface area contributed by atoms with Gasteiger partial charge in [-0.2, -0.15) is 0 Å². The largest absolute Gasteiger partial charge is 0.497 e. The van der Waals surface area contributed by atoms with Gasteiger partial charge in [0.05, 0.1) is 19.1 Å². The number of carbonyl (C=O) groups excluding carboxylic acids is 1. The van der Waals surface area contributed by atoms with Crippen molar-refractivity contribution >= 4 is 23.4 Å². The van der Waals surface area contributed by atoms with Crippen LogP contribution in [0.25, 0.3) is 0 Å². The van der Waals surface area contributed by atoms with Crippen LogP contribution in [0.3, 0.4) is 0 Å². The molecule has 0 heterocycles. The van der Waals surface area contributed by atoms with Gasteiger partial charge in [-0.3, -0.25) is 10.6 Å². The van der Waals surface area contributed by atoms with Crippen LogP contribution >= 0.6 is 11.6 Å². The third-order valence-corrected chi connectivity index (χ3v) is 3.16. The molecule has 0 aliphatic carbocycles. The minimum atomic E-state index is -0.533. The number of hydrogen-bond acceptors (Lipinski definition) is 3. The van der Waals surface area contributed by atoms with E-state index in [0.717, 1.165) is 11.3 Å². The van der Waals surface area contributed by atoms with Crippen LogP contribution in [0.2, 0.25) is 5.02 Å². The molecule has 0 aliphatic rings. The summed E-state index contributed by atoms with van der Waals surface area (Å²) >= 11 is 5.75. The summed E-state index contributed by atoms with van der Waals surface area (Å²) in [6.07, 6.45) is 0.428. The molecule has 114 valence electrons. The second-order valence-corrected chi connectivity index (χ2v) is 4.99. The van der Waals surface area contributed by atoms with Gasteiger partial charge in [0.1, 0.15) is 5.75 Å². The van der Waals surface area contributed by atoms with Crippen LogP contribution in [-0.2, 0) is 11.3 Å². The maximum Gasteiger partial charge on any atom is 0.387 e. The number of hydrogen-bond donors (Lipinski definition) is 2. The summed E-state index contributed by atoms with van der Waals surface area (Å²) in [6, 6.07) is 13.8. The monoisotopic (exact) mass is 319 g/mol. The van der Waals surface area contributed by atoms with Crippen LogP contribution in [0.5, 0.6) is 5.75 Å². The number of methoxy groups -OCH3 is 1. The number of amidine groups is 1. The SMILES string of the molecule is COc1ccc(CC(N)=[NH+]OC(=O)c2ccc(Cl)cc2)cc1. The fourth-order valence-corrected chi connectivity index (χ4v) is 1.88. The van der Waals surface area contributed by atoms with Crippen molar-refractivity contribution in [2.24, 2.45) is 5.73 Å². The topological polar surface area (TPSA) is 75.5 Å². The van der Waals surface area contributed by atoms with E-state index in [-0.39, 0.29) is 0 Å². The molecule has 0 saturated heterocycles. The molecule has 0 atom stereocenters. The van der Waals surface area contributed by atoms with Crippen molar-refractivity contribution < 1.29 is 19.5 Å². The number of nitrogens with two attached hydrogens (primary N) is 1. The van der Waals surface area contributed by atoms with Crippen molar-refractivity contribution in [1.82, 2.24) is 0 Å². The van der Waals surface area contributed by atoms with Gasteiger partial charge in [0.2, 0.25) is 0 Å². The summed E-state index contributed by atoms with van der Waals surface area (Å²) in [6.45, 7) is 0. The van der Waals surface area contributed by atoms with Crippen LogP contribution in [0.1, 0.15) is 15.9 Å². The van der Waals surface area contributed by atoms with Crippen LogP contribution in [-0.4, -0.2) is 18.9 Å². The predicted molar refractivity (Wildman–Crippen MR) is 83.7 cm³/mol. The van der Waals surface area contributed by atoms with E-state index in [1.165, 1.54) is 0 Å². The van der Waals surface area contributed by atoms with Gasteiger partial charge in [0.15, 0.2) is 0 Å². The first-order valence-electron chi connectivity index (χ1n) is 6.55. The molecular formula is C16H16ClN2O3+. The minimum absolute atomic E-state index is 0.326. The summed E-state index contributed by atoms with van der Waals surface area (Å²) in [4.78, 5) is 16.7. The van der Waals surface area contributed by atoms with E-state index in [4.69, 9.17) is 26.9 Å². The summed E-state index contributed by atoms with van der Waals surface area (Å²) in [7, 11) is 1.60. The minimum Gasteiger partial charge on any atom is -0.497 e. The highest BCUT2D eigenvalue weighted by molar-refractivity contribution is 6.30. The zero-order chi connectivity index (χ0) is 15.9. The Hall–Kier alpha value is -2.53. The van der Waals surface area contributed by atoms with E-state index in [1.54, 1.807) is 31.4 Å². The van der Waals surface area contributed by atoms with E-state index in [0.29, 0.717) is 22.8 Å². The molecule has 2 aromatic carbocycles. The Morgan fingerprint density at radius 2 is 1.77 bits per heavy atom. The molecule has 0 saturated carbocycles. The number of ether oxygens (including phenoxy) is 1. The van der Waals surface area contributed by atoms with Gasteiger partial charge in [0.25, 0.3) is 5.84 Å². The average Bonchev–Trinajstić information content (AvgIpc) is 2.54. The van der Waals surface area contributed by atoms with Gasteiger partial charge in [0, 0.05) is 5.02 Å². The van der Waals surface area contributed by atoms with Crippen LogP contribution in [0, 0.1) is 0 Å². The van der Waals surface area contributed by atoms with Gasteiger partial charge in [-0.1, -0.05) is 28.9 Å². The molecule has 6 heteroatoms. The normalized spacial score (nSPS) is 11.1. The Morgan fingerprint density at radius 3 is 2.36 bits per heavy atom. The zero-order valence-electron chi connectivity index (χ0n) is 12.0. The number of benzene rings is 2. The van der Waals surface area contributed by atoms with E-state index in [1.807, 2.05) is 24.3 Å². The molecule has 2 rings (SSSR count).